The lowest BCUT2D eigenvalue weighted by Gasteiger charge is -2.23. The first-order chi connectivity index (χ1) is 8.65. The zero-order valence-corrected chi connectivity index (χ0v) is 10.8. The molecule has 0 saturated heterocycles. The van der Waals surface area contributed by atoms with Gasteiger partial charge in [-0.2, -0.15) is 0 Å². The summed E-state index contributed by atoms with van der Waals surface area (Å²) in [4.78, 5) is 3.08. The Balaban J connectivity index is 1.90. The molecule has 0 aliphatic carbocycles. The average molecular weight is 245 g/mol. The van der Waals surface area contributed by atoms with E-state index in [0.29, 0.717) is 6.04 Å². The zero-order valence-electron chi connectivity index (χ0n) is 10.8. The van der Waals surface area contributed by atoms with E-state index in [1.165, 1.54) is 5.56 Å². The number of rotatable bonds is 5. The van der Waals surface area contributed by atoms with E-state index < -0.39 is 0 Å². The summed E-state index contributed by atoms with van der Waals surface area (Å²) in [7, 11) is 2.07. The van der Waals surface area contributed by atoms with Gasteiger partial charge in [0.2, 0.25) is 0 Å². The molecule has 0 aliphatic heterocycles. The van der Waals surface area contributed by atoms with Crippen molar-refractivity contribution >= 4 is 0 Å². The van der Waals surface area contributed by atoms with Gasteiger partial charge in [-0.25, -0.2) is 0 Å². The van der Waals surface area contributed by atoms with E-state index in [0.717, 1.165) is 23.5 Å². The lowest BCUT2D eigenvalue weighted by molar-refractivity contribution is 0.145. The maximum atomic E-state index is 9.13. The van der Waals surface area contributed by atoms with Crippen LogP contribution in [0.3, 0.4) is 0 Å². The standard InChI is InChI=1S/C14H19N3O/c1-12(10-13-6-4-3-5-7-13)16(2)11-14-8-9-17(18)15-14/h3-9,12,18H,10-11H2,1-2H3/t12-/m1/s1. The van der Waals surface area contributed by atoms with E-state index in [-0.39, 0.29) is 0 Å². The summed E-state index contributed by atoms with van der Waals surface area (Å²) in [6, 6.07) is 12.7. The van der Waals surface area contributed by atoms with Crippen LogP contribution in [0.25, 0.3) is 0 Å². The van der Waals surface area contributed by atoms with Crippen LogP contribution in [0.4, 0.5) is 0 Å². The normalized spacial score (nSPS) is 12.8. The molecule has 4 nitrogen and oxygen atoms in total. The van der Waals surface area contributed by atoms with Crippen LogP contribution < -0.4 is 0 Å². The topological polar surface area (TPSA) is 41.3 Å². The summed E-state index contributed by atoms with van der Waals surface area (Å²) in [5, 5.41) is 13.1. The fraction of sp³-hybridized carbons (Fsp3) is 0.357. The van der Waals surface area contributed by atoms with E-state index in [9.17, 15) is 0 Å². The third-order valence-corrected chi connectivity index (χ3v) is 3.17. The molecule has 96 valence electrons. The quantitative estimate of drug-likeness (QED) is 0.821. The second-order valence-corrected chi connectivity index (χ2v) is 4.68. The fourth-order valence-corrected chi connectivity index (χ4v) is 1.96. The second-order valence-electron chi connectivity index (χ2n) is 4.68. The Hall–Kier alpha value is -1.81. The van der Waals surface area contributed by atoms with Gasteiger partial charge >= 0.3 is 0 Å². The van der Waals surface area contributed by atoms with Crippen molar-refractivity contribution in [1.29, 1.82) is 0 Å². The maximum Gasteiger partial charge on any atom is 0.0800 e. The van der Waals surface area contributed by atoms with Crippen LogP contribution in [-0.4, -0.2) is 33.1 Å². The van der Waals surface area contributed by atoms with Crippen LogP contribution >= 0.6 is 0 Å². The van der Waals surface area contributed by atoms with Crippen LogP contribution in [-0.2, 0) is 13.0 Å². The molecule has 1 atom stereocenters. The number of benzene rings is 1. The summed E-state index contributed by atoms with van der Waals surface area (Å²) < 4.78 is 0. The van der Waals surface area contributed by atoms with Crippen LogP contribution in [0.15, 0.2) is 42.6 Å². The fourth-order valence-electron chi connectivity index (χ4n) is 1.96. The largest absolute Gasteiger partial charge is 0.412 e. The number of aromatic nitrogens is 2. The van der Waals surface area contributed by atoms with E-state index in [1.807, 2.05) is 12.1 Å². The van der Waals surface area contributed by atoms with Gasteiger partial charge in [-0.05, 0) is 32.0 Å². The molecular weight excluding hydrogens is 226 g/mol. The van der Waals surface area contributed by atoms with Gasteiger partial charge in [0.1, 0.15) is 0 Å². The predicted molar refractivity (Wildman–Crippen MR) is 70.5 cm³/mol. The van der Waals surface area contributed by atoms with Crippen molar-refractivity contribution in [3.8, 4) is 0 Å². The lowest BCUT2D eigenvalue weighted by atomic mass is 10.1. The summed E-state index contributed by atoms with van der Waals surface area (Å²) >= 11 is 0. The highest BCUT2D eigenvalue weighted by Crippen LogP contribution is 2.09. The van der Waals surface area contributed by atoms with E-state index in [2.05, 4.69) is 48.2 Å². The molecule has 0 aliphatic rings. The van der Waals surface area contributed by atoms with Crippen molar-refractivity contribution in [2.45, 2.75) is 25.9 Å². The molecule has 1 N–H and O–H groups in total. The van der Waals surface area contributed by atoms with Crippen LogP contribution in [0.5, 0.6) is 0 Å². The zero-order chi connectivity index (χ0) is 13.0. The summed E-state index contributed by atoms with van der Waals surface area (Å²) in [5.41, 5.74) is 2.21. The summed E-state index contributed by atoms with van der Waals surface area (Å²) in [6.07, 6.45) is 2.56. The Kier molecular flexibility index (Phi) is 3.99. The van der Waals surface area contributed by atoms with Gasteiger partial charge < -0.3 is 5.21 Å². The lowest BCUT2D eigenvalue weighted by Crippen LogP contribution is -2.30. The molecule has 1 aromatic carbocycles. The maximum absolute atomic E-state index is 9.13. The van der Waals surface area contributed by atoms with E-state index in [4.69, 9.17) is 5.21 Å². The van der Waals surface area contributed by atoms with E-state index >= 15 is 0 Å². The molecule has 18 heavy (non-hydrogen) atoms. The SMILES string of the molecule is C[C@H](Cc1ccccc1)N(C)Cc1ccn(O)n1. The molecule has 0 unspecified atom stereocenters. The predicted octanol–water partition coefficient (Wildman–Crippen LogP) is 2.18. The van der Waals surface area contributed by atoms with Gasteiger partial charge in [0.15, 0.2) is 0 Å². The Morgan fingerprint density at radius 3 is 2.61 bits per heavy atom. The minimum Gasteiger partial charge on any atom is -0.412 e. The molecule has 2 aromatic rings. The van der Waals surface area contributed by atoms with Crippen molar-refractivity contribution in [3.63, 3.8) is 0 Å². The minimum absolute atomic E-state index is 0.427. The third kappa shape index (κ3) is 3.34. The van der Waals surface area contributed by atoms with Crippen LogP contribution in [0.2, 0.25) is 0 Å². The Morgan fingerprint density at radius 2 is 2.00 bits per heavy atom. The number of hydrogen-bond donors (Lipinski definition) is 1. The summed E-state index contributed by atoms with van der Waals surface area (Å²) in [5.74, 6) is 0. The van der Waals surface area contributed by atoms with Crippen molar-refractivity contribution in [2.24, 2.45) is 0 Å². The van der Waals surface area contributed by atoms with Crippen molar-refractivity contribution < 1.29 is 5.21 Å². The van der Waals surface area contributed by atoms with Crippen molar-refractivity contribution in [3.05, 3.63) is 53.9 Å². The van der Waals surface area contributed by atoms with Gasteiger partial charge in [-0.3, -0.25) is 4.90 Å². The average Bonchev–Trinajstić information content (AvgIpc) is 2.76. The molecule has 0 radical (unpaired) electrons. The van der Waals surface area contributed by atoms with Gasteiger partial charge in [0, 0.05) is 12.6 Å². The minimum atomic E-state index is 0.427. The molecule has 4 heteroatoms. The number of likely N-dealkylation sites (N-methyl/N-ethyl adjacent to an activating group) is 1. The first-order valence-corrected chi connectivity index (χ1v) is 6.13. The van der Waals surface area contributed by atoms with E-state index in [1.54, 1.807) is 6.20 Å². The molecule has 0 bridgehead atoms. The molecule has 0 saturated carbocycles. The number of hydrogen-bond acceptors (Lipinski definition) is 3. The molecule has 0 fully saturated rings. The smallest absolute Gasteiger partial charge is 0.0800 e. The molecule has 1 aromatic heterocycles. The highest BCUT2D eigenvalue weighted by atomic mass is 16.5. The molecular formula is C14H19N3O. The highest BCUT2D eigenvalue weighted by Gasteiger charge is 2.11. The monoisotopic (exact) mass is 245 g/mol. The first kappa shape index (κ1) is 12.6. The van der Waals surface area contributed by atoms with Gasteiger partial charge in [0.25, 0.3) is 0 Å². The first-order valence-electron chi connectivity index (χ1n) is 6.13. The Labute approximate surface area is 107 Å². The van der Waals surface area contributed by atoms with Crippen molar-refractivity contribution in [1.82, 2.24) is 14.8 Å². The molecule has 2 rings (SSSR count). The Bertz CT molecular complexity index is 481. The van der Waals surface area contributed by atoms with Crippen LogP contribution in [0, 0.1) is 0 Å². The van der Waals surface area contributed by atoms with Crippen molar-refractivity contribution in [2.75, 3.05) is 7.05 Å². The Morgan fingerprint density at radius 1 is 1.28 bits per heavy atom. The molecule has 1 heterocycles. The third-order valence-electron chi connectivity index (χ3n) is 3.17. The molecule has 0 spiro atoms. The van der Waals surface area contributed by atoms with Gasteiger partial charge in [-0.15, -0.1) is 9.94 Å². The van der Waals surface area contributed by atoms with Gasteiger partial charge in [0.05, 0.1) is 11.9 Å². The second kappa shape index (κ2) is 5.69. The van der Waals surface area contributed by atoms with Gasteiger partial charge in [-0.1, -0.05) is 30.3 Å². The number of nitrogens with zero attached hydrogens (tertiary/aromatic N) is 3. The molecule has 0 amide bonds. The summed E-state index contributed by atoms with van der Waals surface area (Å²) in [6.45, 7) is 2.94. The van der Waals surface area contributed by atoms with Crippen LogP contribution in [0.1, 0.15) is 18.2 Å². The highest BCUT2D eigenvalue weighted by molar-refractivity contribution is 5.15.